The van der Waals surface area contributed by atoms with Crippen molar-refractivity contribution in [1.29, 1.82) is 0 Å². The van der Waals surface area contributed by atoms with Crippen molar-refractivity contribution < 1.29 is 14.6 Å². The molecule has 8 heteroatoms. The number of nitrogens with zero attached hydrogens (tertiary/aromatic N) is 4. The third kappa shape index (κ3) is 5.88. The molecule has 0 radical (unpaired) electrons. The topological polar surface area (TPSA) is 100 Å². The Balaban J connectivity index is 1.58. The van der Waals surface area contributed by atoms with Crippen LogP contribution >= 0.6 is 0 Å². The first-order valence-corrected chi connectivity index (χ1v) is 12.1. The number of anilines is 1. The van der Waals surface area contributed by atoms with Crippen molar-refractivity contribution in [2.45, 2.75) is 59.8 Å². The number of rotatable bonds is 4. The first-order valence-electron chi connectivity index (χ1n) is 12.1. The van der Waals surface area contributed by atoms with E-state index in [0.29, 0.717) is 5.69 Å². The normalized spacial score (nSPS) is 20.7. The molecule has 186 valence electrons. The molecule has 0 bridgehead atoms. The van der Waals surface area contributed by atoms with Gasteiger partial charge < -0.3 is 20.1 Å². The van der Waals surface area contributed by atoms with E-state index in [1.165, 1.54) is 0 Å². The second kappa shape index (κ2) is 9.77. The molecule has 8 nitrogen and oxygen atoms in total. The summed E-state index contributed by atoms with van der Waals surface area (Å²) in [6.07, 6.45) is 0.995. The molecule has 0 aliphatic carbocycles. The highest BCUT2D eigenvalue weighted by atomic mass is 16.6. The van der Waals surface area contributed by atoms with Crippen LogP contribution in [0.1, 0.15) is 45.9 Å². The largest absolute Gasteiger partial charge is 0.444 e. The Morgan fingerprint density at radius 1 is 1.14 bits per heavy atom. The van der Waals surface area contributed by atoms with E-state index in [4.69, 9.17) is 14.7 Å². The van der Waals surface area contributed by atoms with Crippen LogP contribution in [0.5, 0.6) is 0 Å². The van der Waals surface area contributed by atoms with Gasteiger partial charge >= 0.3 is 6.09 Å². The fourth-order valence-corrected chi connectivity index (χ4v) is 4.45. The van der Waals surface area contributed by atoms with Gasteiger partial charge in [0.25, 0.3) is 0 Å². The standard InChI is InChI=1S/C27H35N5O3/c1-16-7-10-23(32-14-17(2)25(33)18(3)15-32)31-24(16)21-9-8-19-12-28-20(11-22(19)30-21)13-29-26(34)35-27(4,5)6/h7-12,17-18,25,33H,13-15H2,1-6H3,(H,29,34)/t17-,18+,25?. The third-order valence-corrected chi connectivity index (χ3v) is 6.27. The summed E-state index contributed by atoms with van der Waals surface area (Å²) in [5.41, 5.74) is 3.59. The lowest BCUT2D eigenvalue weighted by Gasteiger charge is -2.39. The fraction of sp³-hybridized carbons (Fsp3) is 0.481. The van der Waals surface area contributed by atoms with Crippen LogP contribution < -0.4 is 10.2 Å². The van der Waals surface area contributed by atoms with Crippen molar-refractivity contribution in [1.82, 2.24) is 20.3 Å². The van der Waals surface area contributed by atoms with Crippen LogP contribution in [0.3, 0.4) is 0 Å². The Bertz CT molecular complexity index is 1210. The highest BCUT2D eigenvalue weighted by Crippen LogP contribution is 2.29. The van der Waals surface area contributed by atoms with Crippen LogP contribution in [0.25, 0.3) is 22.3 Å². The molecule has 35 heavy (non-hydrogen) atoms. The van der Waals surface area contributed by atoms with E-state index in [-0.39, 0.29) is 24.5 Å². The Morgan fingerprint density at radius 2 is 1.86 bits per heavy atom. The van der Waals surface area contributed by atoms with E-state index in [9.17, 15) is 9.90 Å². The summed E-state index contributed by atoms with van der Waals surface area (Å²) in [4.78, 5) is 28.5. The van der Waals surface area contributed by atoms with Crippen LogP contribution in [0, 0.1) is 18.8 Å². The molecule has 4 heterocycles. The van der Waals surface area contributed by atoms with Gasteiger partial charge in [0.15, 0.2) is 0 Å². The Hall–Kier alpha value is -3.26. The number of amides is 1. The number of hydrogen-bond donors (Lipinski definition) is 2. The fourth-order valence-electron chi connectivity index (χ4n) is 4.45. The summed E-state index contributed by atoms with van der Waals surface area (Å²) < 4.78 is 5.30. The molecular formula is C27H35N5O3. The van der Waals surface area contributed by atoms with E-state index >= 15 is 0 Å². The zero-order valence-corrected chi connectivity index (χ0v) is 21.4. The first-order chi connectivity index (χ1) is 16.5. The van der Waals surface area contributed by atoms with Crippen LogP contribution in [0.2, 0.25) is 0 Å². The minimum atomic E-state index is -0.555. The van der Waals surface area contributed by atoms with Crippen LogP contribution in [0.15, 0.2) is 36.5 Å². The van der Waals surface area contributed by atoms with Crippen molar-refractivity contribution >= 4 is 22.8 Å². The highest BCUT2D eigenvalue weighted by molar-refractivity contribution is 5.81. The number of aromatic nitrogens is 3. The Labute approximate surface area is 206 Å². The predicted molar refractivity (Wildman–Crippen MR) is 137 cm³/mol. The number of aliphatic hydroxyl groups is 1. The first kappa shape index (κ1) is 24.9. The SMILES string of the molecule is Cc1ccc(N2C[C@@H](C)C(O)[C@@H](C)C2)nc1-c1ccc2cnc(CNC(=O)OC(C)(C)C)cc2n1. The number of carbonyl (C=O) groups excluding carboxylic acids is 1. The summed E-state index contributed by atoms with van der Waals surface area (Å²) in [6, 6.07) is 9.96. The van der Waals surface area contributed by atoms with Crippen molar-refractivity contribution in [2.24, 2.45) is 11.8 Å². The van der Waals surface area contributed by atoms with Gasteiger partial charge in [0, 0.05) is 24.7 Å². The van der Waals surface area contributed by atoms with Gasteiger partial charge in [-0.3, -0.25) is 4.98 Å². The zero-order valence-electron chi connectivity index (χ0n) is 21.4. The number of nitrogens with one attached hydrogen (secondary N) is 1. The maximum Gasteiger partial charge on any atom is 0.407 e. The number of pyridine rings is 3. The molecule has 3 atom stereocenters. The van der Waals surface area contributed by atoms with Gasteiger partial charge in [-0.05, 0) is 69.4 Å². The molecule has 2 N–H and O–H groups in total. The van der Waals surface area contributed by atoms with Gasteiger partial charge in [-0.2, -0.15) is 0 Å². The quantitative estimate of drug-likeness (QED) is 0.571. The van der Waals surface area contributed by atoms with Crippen molar-refractivity contribution in [3.8, 4) is 11.4 Å². The number of fused-ring (bicyclic) bond motifs is 1. The average molecular weight is 478 g/mol. The maximum absolute atomic E-state index is 12.0. The molecule has 4 rings (SSSR count). The van der Waals surface area contributed by atoms with Gasteiger partial charge in [-0.25, -0.2) is 14.8 Å². The number of alkyl carbamates (subject to hydrolysis) is 1. The maximum atomic E-state index is 12.0. The monoisotopic (exact) mass is 477 g/mol. The molecule has 0 spiro atoms. The van der Waals surface area contributed by atoms with E-state index in [1.54, 1.807) is 6.20 Å². The summed E-state index contributed by atoms with van der Waals surface area (Å²) in [6.45, 7) is 13.5. The number of carbonyl (C=O) groups is 1. The Morgan fingerprint density at radius 3 is 2.54 bits per heavy atom. The van der Waals surface area contributed by atoms with Crippen LogP contribution in [0.4, 0.5) is 10.6 Å². The smallest absolute Gasteiger partial charge is 0.407 e. The van der Waals surface area contributed by atoms with Crippen LogP contribution in [-0.2, 0) is 11.3 Å². The van der Waals surface area contributed by atoms with Gasteiger partial charge in [-0.15, -0.1) is 0 Å². The summed E-state index contributed by atoms with van der Waals surface area (Å²) in [5, 5.41) is 14.0. The molecule has 1 aliphatic rings. The van der Waals surface area contributed by atoms with E-state index in [0.717, 1.165) is 46.8 Å². The molecule has 1 unspecified atom stereocenters. The molecule has 0 aromatic carbocycles. The third-order valence-electron chi connectivity index (χ3n) is 6.27. The van der Waals surface area contributed by atoms with Crippen molar-refractivity contribution in [3.63, 3.8) is 0 Å². The van der Waals surface area contributed by atoms with Gasteiger partial charge in [0.1, 0.15) is 11.4 Å². The minimum Gasteiger partial charge on any atom is -0.444 e. The number of hydrogen-bond acceptors (Lipinski definition) is 7. The lowest BCUT2D eigenvalue weighted by Crippen LogP contribution is -2.47. The Kier molecular flexibility index (Phi) is 6.94. The molecule has 3 aromatic rings. The van der Waals surface area contributed by atoms with Crippen molar-refractivity contribution in [2.75, 3.05) is 18.0 Å². The van der Waals surface area contributed by atoms with Crippen LogP contribution in [-0.4, -0.2) is 50.9 Å². The predicted octanol–water partition coefficient (Wildman–Crippen LogP) is 4.48. The second-order valence-electron chi connectivity index (χ2n) is 10.6. The number of aryl methyl sites for hydroxylation is 1. The zero-order chi connectivity index (χ0) is 25.3. The molecule has 1 fully saturated rings. The van der Waals surface area contributed by atoms with Crippen molar-refractivity contribution in [3.05, 3.63) is 47.8 Å². The van der Waals surface area contributed by atoms with E-state index in [1.807, 2.05) is 52.0 Å². The van der Waals surface area contributed by atoms with Gasteiger partial charge in [-0.1, -0.05) is 19.9 Å². The average Bonchev–Trinajstić information content (AvgIpc) is 2.79. The van der Waals surface area contributed by atoms with E-state index < -0.39 is 11.7 Å². The van der Waals surface area contributed by atoms with E-state index in [2.05, 4.69) is 35.1 Å². The summed E-state index contributed by atoms with van der Waals surface area (Å²) in [5.74, 6) is 1.27. The summed E-state index contributed by atoms with van der Waals surface area (Å²) in [7, 11) is 0. The molecular weight excluding hydrogens is 442 g/mol. The summed E-state index contributed by atoms with van der Waals surface area (Å²) >= 11 is 0. The lowest BCUT2D eigenvalue weighted by atomic mass is 9.88. The molecule has 0 saturated carbocycles. The molecule has 3 aromatic heterocycles. The lowest BCUT2D eigenvalue weighted by molar-refractivity contribution is 0.0521. The molecule has 1 aliphatic heterocycles. The number of piperidine rings is 1. The van der Waals surface area contributed by atoms with Gasteiger partial charge in [0.2, 0.25) is 0 Å². The second-order valence-corrected chi connectivity index (χ2v) is 10.6. The number of aliphatic hydroxyl groups excluding tert-OH is 1. The minimum absolute atomic E-state index is 0.185. The molecule has 1 amide bonds. The number of ether oxygens (including phenoxy) is 1. The molecule has 1 saturated heterocycles. The van der Waals surface area contributed by atoms with Gasteiger partial charge in [0.05, 0.1) is 35.2 Å². The highest BCUT2D eigenvalue weighted by Gasteiger charge is 2.31.